The number of phenols is 1. The van der Waals surface area contributed by atoms with Crippen LogP contribution in [0.25, 0.3) is 0 Å². The van der Waals surface area contributed by atoms with Gasteiger partial charge in [0.15, 0.2) is 11.6 Å². The summed E-state index contributed by atoms with van der Waals surface area (Å²) in [5.74, 6) is -8.48. The molecule has 4 aromatic rings. The number of phenolic OH excluding ortho intramolecular Hbond substituents is 1. The molecule has 8 rings (SSSR count). The molecule has 12 heteroatoms. The van der Waals surface area contributed by atoms with E-state index in [2.05, 4.69) is 0 Å². The first-order valence-corrected chi connectivity index (χ1v) is 16.4. The van der Waals surface area contributed by atoms with Gasteiger partial charge in [0, 0.05) is 28.6 Å². The van der Waals surface area contributed by atoms with Gasteiger partial charge in [-0.2, -0.15) is 0 Å². The number of rotatable bonds is 5. The van der Waals surface area contributed by atoms with E-state index in [1.54, 1.807) is 54.6 Å². The van der Waals surface area contributed by atoms with Gasteiger partial charge in [0.1, 0.15) is 0 Å². The topological polar surface area (TPSA) is 138 Å². The van der Waals surface area contributed by atoms with Gasteiger partial charge < -0.3 is 5.11 Å². The Morgan fingerprint density at radius 1 is 0.820 bits per heavy atom. The van der Waals surface area contributed by atoms with Crippen LogP contribution >= 0.6 is 11.6 Å². The SMILES string of the molecule is O=C1[C@H]2[C@H](CC=C3[C@H]2C[C@H]2C(=O)N(c4cccc(Cl)c4)C(=O)[C@@]2(c2ccccc2)[C@H]3c2cccc(F)c2O)C(=O)N1c1ccc([N+](=O)[O-])cc1. The molecule has 2 aliphatic heterocycles. The number of carbonyl (C=O) groups excluding carboxylic acids is 4. The molecule has 250 valence electrons. The molecule has 10 nitrogen and oxygen atoms in total. The molecule has 3 fully saturated rings. The Kier molecular flexibility index (Phi) is 7.23. The molecular formula is C38H27ClFN3O7. The number of hydrogen-bond acceptors (Lipinski definition) is 7. The molecule has 0 radical (unpaired) electrons. The van der Waals surface area contributed by atoms with Crippen LogP contribution in [0.15, 0.2) is 109 Å². The standard InChI is InChI=1S/C38H27ClFN3O7/c39-21-8-4-9-24(18-21)42-35(46)29-19-28-25(16-17-26-31(28)36(47)41(34(26)45)22-12-14-23(15-13-22)43(49)50)32(27-10-5-11-30(40)33(27)44)38(29,37(42)48)20-6-2-1-3-7-20/h1-16,18,26,28-29,31-32,44H,17,19H2/t26-,28+,29-,31-,32+,38+/m0/s1. The lowest BCUT2D eigenvalue weighted by molar-refractivity contribution is -0.384. The molecular weight excluding hydrogens is 665 g/mol. The molecule has 4 aromatic carbocycles. The number of imide groups is 2. The van der Waals surface area contributed by atoms with Gasteiger partial charge in [-0.25, -0.2) is 9.29 Å². The Balaban J connectivity index is 1.34. The fourth-order valence-corrected chi connectivity index (χ4v) is 9.02. The van der Waals surface area contributed by atoms with Crippen LogP contribution in [0.5, 0.6) is 5.75 Å². The van der Waals surface area contributed by atoms with Crippen LogP contribution in [0.3, 0.4) is 0 Å². The summed E-state index contributed by atoms with van der Waals surface area (Å²) in [6.45, 7) is 0. The van der Waals surface area contributed by atoms with E-state index >= 15 is 9.18 Å². The Hall–Kier alpha value is -5.68. The lowest BCUT2D eigenvalue weighted by Crippen LogP contribution is -2.53. The average Bonchev–Trinajstić information content (AvgIpc) is 3.50. The Labute approximate surface area is 289 Å². The van der Waals surface area contributed by atoms with E-state index in [1.807, 2.05) is 0 Å². The van der Waals surface area contributed by atoms with Crippen molar-refractivity contribution >= 4 is 52.3 Å². The van der Waals surface area contributed by atoms with Crippen LogP contribution in [0.2, 0.25) is 5.02 Å². The van der Waals surface area contributed by atoms with Crippen molar-refractivity contribution in [2.24, 2.45) is 23.7 Å². The quantitative estimate of drug-likeness (QED) is 0.110. The van der Waals surface area contributed by atoms with E-state index in [9.17, 15) is 29.6 Å². The van der Waals surface area contributed by atoms with E-state index in [1.165, 1.54) is 42.5 Å². The van der Waals surface area contributed by atoms with Crippen LogP contribution in [0, 0.1) is 39.6 Å². The molecule has 0 spiro atoms. The van der Waals surface area contributed by atoms with Gasteiger partial charge in [0.05, 0.1) is 39.5 Å². The minimum atomic E-state index is -1.68. The van der Waals surface area contributed by atoms with Gasteiger partial charge in [-0.15, -0.1) is 0 Å². The van der Waals surface area contributed by atoms with Gasteiger partial charge in [0.25, 0.3) is 5.69 Å². The summed E-state index contributed by atoms with van der Waals surface area (Å²) < 4.78 is 15.2. The summed E-state index contributed by atoms with van der Waals surface area (Å²) in [4.78, 5) is 71.0. The van der Waals surface area contributed by atoms with E-state index < -0.39 is 75.1 Å². The molecule has 0 aromatic heterocycles. The van der Waals surface area contributed by atoms with Crippen molar-refractivity contribution in [3.63, 3.8) is 0 Å². The normalized spacial score (nSPS) is 27.2. The first-order chi connectivity index (χ1) is 24.0. The van der Waals surface area contributed by atoms with E-state index in [-0.39, 0.29) is 35.5 Å². The number of fused-ring (bicyclic) bond motifs is 4. The lowest BCUT2D eigenvalue weighted by atomic mass is 9.49. The third-order valence-electron chi connectivity index (χ3n) is 10.8. The molecule has 50 heavy (non-hydrogen) atoms. The zero-order valence-electron chi connectivity index (χ0n) is 26.1. The molecule has 6 atom stereocenters. The minimum Gasteiger partial charge on any atom is -0.505 e. The van der Waals surface area contributed by atoms with Crippen molar-refractivity contribution in [1.82, 2.24) is 0 Å². The van der Waals surface area contributed by atoms with Crippen molar-refractivity contribution in [3.8, 4) is 5.75 Å². The number of nitrogens with zero attached hydrogens (tertiary/aromatic N) is 3. The zero-order valence-corrected chi connectivity index (χ0v) is 26.9. The van der Waals surface area contributed by atoms with Crippen LogP contribution in [0.4, 0.5) is 21.5 Å². The predicted octanol–water partition coefficient (Wildman–Crippen LogP) is 6.46. The molecule has 2 heterocycles. The second kappa shape index (κ2) is 11.4. The number of anilines is 2. The molecule has 1 saturated carbocycles. The zero-order chi connectivity index (χ0) is 35.1. The number of aromatic hydroxyl groups is 1. The monoisotopic (exact) mass is 691 g/mol. The highest BCUT2D eigenvalue weighted by Crippen LogP contribution is 2.65. The van der Waals surface area contributed by atoms with Crippen LogP contribution < -0.4 is 9.80 Å². The first kappa shape index (κ1) is 31.6. The number of nitro benzene ring substituents is 1. The number of carbonyl (C=O) groups is 4. The van der Waals surface area contributed by atoms with Crippen molar-refractivity contribution in [2.45, 2.75) is 24.2 Å². The summed E-state index contributed by atoms with van der Waals surface area (Å²) >= 11 is 6.32. The fraction of sp³-hybridized carbons (Fsp3) is 0.211. The summed E-state index contributed by atoms with van der Waals surface area (Å²) in [6.07, 6.45) is 1.90. The van der Waals surface area contributed by atoms with Crippen molar-refractivity contribution < 1.29 is 33.6 Å². The number of benzene rings is 4. The Morgan fingerprint density at radius 2 is 1.54 bits per heavy atom. The van der Waals surface area contributed by atoms with Crippen molar-refractivity contribution in [2.75, 3.05) is 9.80 Å². The smallest absolute Gasteiger partial charge is 0.269 e. The number of non-ortho nitro benzene ring substituents is 1. The van der Waals surface area contributed by atoms with Crippen LogP contribution in [-0.4, -0.2) is 33.7 Å². The number of amides is 4. The van der Waals surface area contributed by atoms with Gasteiger partial charge >= 0.3 is 0 Å². The number of halogens is 2. The highest BCUT2D eigenvalue weighted by Gasteiger charge is 2.70. The second-order valence-electron chi connectivity index (χ2n) is 13.1. The van der Waals surface area contributed by atoms with Gasteiger partial charge in [-0.3, -0.25) is 34.2 Å². The number of allylic oxidation sites excluding steroid dienone is 2. The van der Waals surface area contributed by atoms with E-state index in [4.69, 9.17) is 11.6 Å². The molecule has 0 unspecified atom stereocenters. The van der Waals surface area contributed by atoms with Gasteiger partial charge in [-0.05, 0) is 60.7 Å². The molecule has 4 amide bonds. The third kappa shape index (κ3) is 4.32. The maximum Gasteiger partial charge on any atom is 0.269 e. The summed E-state index contributed by atoms with van der Waals surface area (Å²) in [5, 5.41) is 22.9. The molecule has 2 saturated heterocycles. The first-order valence-electron chi connectivity index (χ1n) is 16.0. The summed E-state index contributed by atoms with van der Waals surface area (Å²) in [7, 11) is 0. The van der Waals surface area contributed by atoms with E-state index in [0.29, 0.717) is 16.2 Å². The van der Waals surface area contributed by atoms with Crippen LogP contribution in [0.1, 0.15) is 29.9 Å². The molecule has 2 aliphatic carbocycles. The van der Waals surface area contributed by atoms with Crippen molar-refractivity contribution in [1.29, 1.82) is 0 Å². The molecule has 1 N–H and O–H groups in total. The maximum atomic E-state index is 15.2. The number of hydrogen-bond donors (Lipinski definition) is 1. The van der Waals surface area contributed by atoms with Gasteiger partial charge in [0.2, 0.25) is 23.6 Å². The predicted molar refractivity (Wildman–Crippen MR) is 180 cm³/mol. The summed E-state index contributed by atoms with van der Waals surface area (Å²) in [6, 6.07) is 24.2. The highest BCUT2D eigenvalue weighted by molar-refractivity contribution is 6.32. The van der Waals surface area contributed by atoms with Crippen molar-refractivity contribution in [3.05, 3.63) is 141 Å². The second-order valence-corrected chi connectivity index (χ2v) is 13.5. The van der Waals surface area contributed by atoms with Crippen LogP contribution in [-0.2, 0) is 24.6 Å². The molecule has 0 bridgehead atoms. The highest BCUT2D eigenvalue weighted by atomic mass is 35.5. The Morgan fingerprint density at radius 3 is 2.24 bits per heavy atom. The maximum absolute atomic E-state index is 15.2. The number of para-hydroxylation sites is 1. The minimum absolute atomic E-state index is 0.00321. The number of nitro groups is 1. The van der Waals surface area contributed by atoms with E-state index in [0.717, 1.165) is 15.9 Å². The summed E-state index contributed by atoms with van der Waals surface area (Å²) in [5.41, 5.74) is -0.362. The Bertz CT molecular complexity index is 2170. The fourth-order valence-electron chi connectivity index (χ4n) is 8.83. The van der Waals surface area contributed by atoms with Gasteiger partial charge in [-0.1, -0.05) is 71.8 Å². The average molecular weight is 692 g/mol. The largest absolute Gasteiger partial charge is 0.505 e. The lowest BCUT2D eigenvalue weighted by Gasteiger charge is -2.50. The molecule has 4 aliphatic rings. The third-order valence-corrected chi connectivity index (χ3v) is 11.0.